The fraction of sp³-hybridized carbons (Fsp3) is 0.480. The van der Waals surface area contributed by atoms with Crippen molar-refractivity contribution in [3.63, 3.8) is 0 Å². The van der Waals surface area contributed by atoms with Gasteiger partial charge in [0.15, 0.2) is 29.0 Å². The van der Waals surface area contributed by atoms with Crippen LogP contribution in [0.15, 0.2) is 41.8 Å². The minimum atomic E-state index is -0.851. The first-order valence-electron chi connectivity index (χ1n) is 12.4. The van der Waals surface area contributed by atoms with E-state index in [4.69, 9.17) is 24.2 Å². The molecule has 2 aliphatic heterocycles. The van der Waals surface area contributed by atoms with Crippen molar-refractivity contribution in [2.24, 2.45) is 5.16 Å². The van der Waals surface area contributed by atoms with Gasteiger partial charge in [0.1, 0.15) is 24.4 Å². The fourth-order valence-corrected chi connectivity index (χ4v) is 5.16. The number of imidazole rings is 1. The van der Waals surface area contributed by atoms with Crippen LogP contribution in [0.2, 0.25) is 0 Å². The Morgan fingerprint density at radius 1 is 1.19 bits per heavy atom. The number of fused-ring (bicyclic) bond motifs is 2. The van der Waals surface area contributed by atoms with Crippen LogP contribution in [0.5, 0.6) is 6.01 Å². The first-order chi connectivity index (χ1) is 17.9. The minimum Gasteiger partial charge on any atom is -0.460 e. The quantitative estimate of drug-likeness (QED) is 0.291. The van der Waals surface area contributed by atoms with Crippen LogP contribution < -0.4 is 10.1 Å². The molecule has 2 aromatic heterocycles. The second kappa shape index (κ2) is 9.36. The van der Waals surface area contributed by atoms with Crippen LogP contribution in [-0.2, 0) is 14.2 Å². The van der Waals surface area contributed by atoms with Gasteiger partial charge in [-0.1, -0.05) is 23.4 Å². The maximum Gasteiger partial charge on any atom is 0.320 e. The summed E-state index contributed by atoms with van der Waals surface area (Å²) in [6.45, 7) is 3.63. The molecule has 12 nitrogen and oxygen atoms in total. The lowest BCUT2D eigenvalue weighted by Gasteiger charge is -2.23. The summed E-state index contributed by atoms with van der Waals surface area (Å²) in [6.07, 6.45) is 4.51. The molecule has 1 saturated carbocycles. The Labute approximate surface area is 212 Å². The van der Waals surface area contributed by atoms with Crippen LogP contribution in [0, 0.1) is 0 Å². The van der Waals surface area contributed by atoms with Gasteiger partial charge in [-0.3, -0.25) is 9.36 Å². The highest BCUT2D eigenvalue weighted by atomic mass is 16.8. The number of carbonyl (C=O) groups is 1. The standard InChI is InChI=1S/C25H28N6O6/c1-25(2)36-18-16(12-27-33)35-23(19(18)37-25)31-13-26-17-20(28-22(32)14-8-4-3-5-9-14)29-24(30-21(17)31)34-15-10-6-7-11-15/h3-5,8-9,12-13,15-16,18-19,23,33H,6-7,10-11H2,1-2H3,(H,28,29,30,32)/b27-12-/t16-,18-,19-,23-/m1/s1. The van der Waals surface area contributed by atoms with Crippen molar-refractivity contribution in [3.05, 3.63) is 42.2 Å². The molecule has 3 fully saturated rings. The summed E-state index contributed by atoms with van der Waals surface area (Å²) in [4.78, 5) is 26.7. The van der Waals surface area contributed by atoms with Crippen LogP contribution in [0.4, 0.5) is 5.82 Å². The van der Waals surface area contributed by atoms with Crippen molar-refractivity contribution in [1.82, 2.24) is 19.5 Å². The predicted octanol–water partition coefficient (Wildman–Crippen LogP) is 3.28. The van der Waals surface area contributed by atoms with Crippen LogP contribution in [-0.4, -0.2) is 67.1 Å². The minimum absolute atomic E-state index is 0.0103. The molecule has 4 heterocycles. The number of hydrogen-bond donors (Lipinski definition) is 2. The molecule has 0 bridgehead atoms. The van der Waals surface area contributed by atoms with E-state index in [9.17, 15) is 4.79 Å². The Morgan fingerprint density at radius 3 is 2.70 bits per heavy atom. The third-order valence-electron chi connectivity index (χ3n) is 6.80. The van der Waals surface area contributed by atoms with Gasteiger partial charge in [0.25, 0.3) is 5.91 Å². The molecule has 1 aliphatic carbocycles. The van der Waals surface area contributed by atoms with Crippen LogP contribution in [0.25, 0.3) is 11.2 Å². The zero-order valence-corrected chi connectivity index (χ0v) is 20.5. The number of hydrogen-bond acceptors (Lipinski definition) is 10. The molecule has 1 amide bonds. The highest BCUT2D eigenvalue weighted by Crippen LogP contribution is 2.43. The zero-order chi connectivity index (χ0) is 25.6. The smallest absolute Gasteiger partial charge is 0.320 e. The number of aromatic nitrogens is 4. The Bertz CT molecular complexity index is 1320. The summed E-state index contributed by atoms with van der Waals surface area (Å²) in [7, 11) is 0. The van der Waals surface area contributed by atoms with E-state index in [1.165, 1.54) is 6.21 Å². The fourth-order valence-electron chi connectivity index (χ4n) is 5.16. The number of nitrogens with one attached hydrogen (secondary N) is 1. The molecule has 12 heteroatoms. The van der Waals surface area contributed by atoms with E-state index in [1.807, 2.05) is 19.9 Å². The summed E-state index contributed by atoms with van der Waals surface area (Å²) in [5.74, 6) is -0.944. The van der Waals surface area contributed by atoms with E-state index < -0.39 is 30.3 Å². The number of oxime groups is 1. The summed E-state index contributed by atoms with van der Waals surface area (Å²) in [5, 5.41) is 15.2. The lowest BCUT2D eigenvalue weighted by molar-refractivity contribution is -0.188. The number of carbonyl (C=O) groups excluding carboxylic acids is 1. The molecule has 4 atom stereocenters. The van der Waals surface area contributed by atoms with Gasteiger partial charge in [0.05, 0.1) is 12.5 Å². The van der Waals surface area contributed by atoms with Gasteiger partial charge >= 0.3 is 6.01 Å². The molecule has 0 unspecified atom stereocenters. The third kappa shape index (κ3) is 4.52. The van der Waals surface area contributed by atoms with Crippen molar-refractivity contribution in [2.75, 3.05) is 5.32 Å². The first kappa shape index (κ1) is 23.8. The topological polar surface area (TPSA) is 142 Å². The van der Waals surface area contributed by atoms with Crippen LogP contribution in [0.3, 0.4) is 0 Å². The summed E-state index contributed by atoms with van der Waals surface area (Å²) in [5.41, 5.74) is 1.27. The van der Waals surface area contributed by atoms with E-state index in [-0.39, 0.29) is 23.8 Å². The largest absolute Gasteiger partial charge is 0.460 e. The number of benzene rings is 1. The molecule has 2 N–H and O–H groups in total. The monoisotopic (exact) mass is 508 g/mol. The Hall–Kier alpha value is -3.61. The molecule has 3 aromatic rings. The van der Waals surface area contributed by atoms with Gasteiger partial charge in [-0.2, -0.15) is 9.97 Å². The predicted molar refractivity (Wildman–Crippen MR) is 131 cm³/mol. The van der Waals surface area contributed by atoms with Crippen molar-refractivity contribution in [1.29, 1.82) is 0 Å². The SMILES string of the molecule is CC1(C)O[C@@H]2[C@H](O1)[C@@H](/C=N\O)O[C@H]2n1cnc2c(NC(=O)c3ccccc3)nc(OC3CCCC3)nc21. The second-order valence-corrected chi connectivity index (χ2v) is 9.84. The van der Waals surface area contributed by atoms with Crippen molar-refractivity contribution < 1.29 is 28.9 Å². The molecule has 2 saturated heterocycles. The van der Waals surface area contributed by atoms with Crippen molar-refractivity contribution in [3.8, 4) is 6.01 Å². The van der Waals surface area contributed by atoms with Gasteiger partial charge in [0, 0.05) is 5.56 Å². The zero-order valence-electron chi connectivity index (χ0n) is 20.5. The molecule has 6 rings (SSSR count). The van der Waals surface area contributed by atoms with E-state index in [0.717, 1.165) is 25.7 Å². The van der Waals surface area contributed by atoms with Crippen LogP contribution in [0.1, 0.15) is 56.1 Å². The molecule has 37 heavy (non-hydrogen) atoms. The van der Waals surface area contributed by atoms with E-state index in [0.29, 0.717) is 16.7 Å². The average Bonchev–Trinajstić information content (AvgIpc) is 3.65. The van der Waals surface area contributed by atoms with Gasteiger partial charge < -0.3 is 29.5 Å². The normalized spacial score (nSPS) is 27.2. The molecule has 194 valence electrons. The van der Waals surface area contributed by atoms with E-state index >= 15 is 0 Å². The lowest BCUT2D eigenvalue weighted by Crippen LogP contribution is -2.30. The van der Waals surface area contributed by atoms with Crippen LogP contribution >= 0.6 is 0 Å². The van der Waals surface area contributed by atoms with Gasteiger partial charge in [-0.15, -0.1) is 0 Å². The van der Waals surface area contributed by atoms with Gasteiger partial charge in [-0.25, -0.2) is 4.98 Å². The average molecular weight is 509 g/mol. The Balaban J connectivity index is 1.39. The Morgan fingerprint density at radius 2 is 1.95 bits per heavy atom. The molecule has 0 radical (unpaired) electrons. The molecule has 0 spiro atoms. The van der Waals surface area contributed by atoms with E-state index in [1.54, 1.807) is 35.2 Å². The van der Waals surface area contributed by atoms with Gasteiger partial charge in [0.2, 0.25) is 0 Å². The number of rotatable bonds is 6. The molecular formula is C25H28N6O6. The highest BCUT2D eigenvalue weighted by Gasteiger charge is 2.56. The number of anilines is 1. The third-order valence-corrected chi connectivity index (χ3v) is 6.80. The molecule has 1 aromatic carbocycles. The maximum atomic E-state index is 13.0. The number of nitrogens with zero attached hydrogens (tertiary/aromatic N) is 5. The number of ether oxygens (including phenoxy) is 4. The Kier molecular flexibility index (Phi) is 6.01. The van der Waals surface area contributed by atoms with Crippen molar-refractivity contribution >= 4 is 29.1 Å². The van der Waals surface area contributed by atoms with E-state index in [2.05, 4.69) is 25.4 Å². The maximum absolute atomic E-state index is 13.0. The second-order valence-electron chi connectivity index (χ2n) is 9.84. The van der Waals surface area contributed by atoms with Gasteiger partial charge in [-0.05, 0) is 51.7 Å². The summed E-state index contributed by atoms with van der Waals surface area (Å²) in [6, 6.07) is 9.01. The molecular weight excluding hydrogens is 480 g/mol. The van der Waals surface area contributed by atoms with Crippen molar-refractivity contribution in [2.45, 2.75) is 76.0 Å². The first-order valence-corrected chi connectivity index (χ1v) is 12.4. The summed E-state index contributed by atoms with van der Waals surface area (Å²) >= 11 is 0. The summed E-state index contributed by atoms with van der Waals surface area (Å²) < 4.78 is 26.1. The molecule has 3 aliphatic rings. The number of amides is 1. The highest BCUT2D eigenvalue weighted by molar-refractivity contribution is 6.06. The lowest BCUT2D eigenvalue weighted by atomic mass is 10.1.